The van der Waals surface area contributed by atoms with E-state index in [1.807, 2.05) is 0 Å². The van der Waals surface area contributed by atoms with Crippen molar-refractivity contribution in [2.75, 3.05) is 20.8 Å². The van der Waals surface area contributed by atoms with Crippen molar-refractivity contribution in [1.29, 1.82) is 0 Å². The number of nitrogens with zero attached hydrogens (tertiary/aromatic N) is 1. The first-order chi connectivity index (χ1) is 14.4. The lowest BCUT2D eigenvalue weighted by Crippen LogP contribution is -2.48. The van der Waals surface area contributed by atoms with Gasteiger partial charge in [0.15, 0.2) is 11.5 Å². The molecule has 1 aliphatic heterocycles. The molecular weight excluding hydrogens is 411 g/mol. The third-order valence-electron chi connectivity index (χ3n) is 5.06. The zero-order valence-corrected chi connectivity index (χ0v) is 17.7. The predicted octanol–water partition coefficient (Wildman–Crippen LogP) is 2.70. The van der Waals surface area contributed by atoms with Crippen LogP contribution in [-0.4, -0.2) is 45.4 Å². The highest BCUT2D eigenvalue weighted by atomic mass is 32.2. The third-order valence-corrected chi connectivity index (χ3v) is 6.93. The smallest absolute Gasteiger partial charge is 0.244 e. The summed E-state index contributed by atoms with van der Waals surface area (Å²) in [7, 11) is -1.06. The largest absolute Gasteiger partial charge is 0.493 e. The molecule has 7 nitrogen and oxygen atoms in total. The second kappa shape index (κ2) is 9.44. The van der Waals surface area contributed by atoms with E-state index in [2.05, 4.69) is 5.32 Å². The SMILES string of the molecule is COc1ccc(CN(C2CCCCNC2=O)S(=O)(=O)c2ccc(F)cc2)cc1OC. The standard InChI is InChI=1S/C21H25FN2O5S/c1-28-19-11-6-15(13-20(19)29-2)14-24(18-5-3-4-12-23-21(18)25)30(26,27)17-9-7-16(22)8-10-17/h6-11,13,18H,3-5,12,14H2,1-2H3,(H,23,25). The van der Waals surface area contributed by atoms with Gasteiger partial charge < -0.3 is 14.8 Å². The molecule has 0 saturated carbocycles. The maximum atomic E-state index is 13.5. The number of hydrogen-bond acceptors (Lipinski definition) is 5. The number of hydrogen-bond donors (Lipinski definition) is 1. The third kappa shape index (κ3) is 4.73. The number of halogens is 1. The van der Waals surface area contributed by atoms with E-state index in [1.165, 1.54) is 30.7 Å². The Kier molecular flexibility index (Phi) is 6.94. The summed E-state index contributed by atoms with van der Waals surface area (Å²) in [5.41, 5.74) is 0.635. The quantitative estimate of drug-likeness (QED) is 0.721. The lowest BCUT2D eigenvalue weighted by Gasteiger charge is -2.29. The minimum absolute atomic E-state index is 0.0435. The Bertz CT molecular complexity index is 995. The van der Waals surface area contributed by atoms with Crippen molar-refractivity contribution in [3.63, 3.8) is 0 Å². The molecule has 1 atom stereocenters. The molecule has 2 aromatic carbocycles. The Morgan fingerprint density at radius 2 is 1.77 bits per heavy atom. The molecule has 30 heavy (non-hydrogen) atoms. The summed E-state index contributed by atoms with van der Waals surface area (Å²) in [6.07, 6.45) is 1.90. The van der Waals surface area contributed by atoms with E-state index < -0.39 is 21.9 Å². The summed E-state index contributed by atoms with van der Waals surface area (Å²) in [6.45, 7) is 0.467. The molecule has 0 aliphatic carbocycles. The van der Waals surface area contributed by atoms with Crippen LogP contribution in [0.4, 0.5) is 4.39 Å². The van der Waals surface area contributed by atoms with E-state index in [1.54, 1.807) is 18.2 Å². The molecule has 3 rings (SSSR count). The van der Waals surface area contributed by atoms with E-state index in [-0.39, 0.29) is 17.3 Å². The Hall–Kier alpha value is -2.65. The molecule has 0 spiro atoms. The highest BCUT2D eigenvalue weighted by molar-refractivity contribution is 7.89. The maximum absolute atomic E-state index is 13.5. The van der Waals surface area contributed by atoms with Gasteiger partial charge >= 0.3 is 0 Å². The van der Waals surface area contributed by atoms with Gasteiger partial charge in [-0.2, -0.15) is 4.31 Å². The van der Waals surface area contributed by atoms with Crippen LogP contribution in [0.1, 0.15) is 24.8 Å². The fourth-order valence-electron chi connectivity index (χ4n) is 3.46. The molecule has 0 aromatic heterocycles. The molecule has 1 unspecified atom stereocenters. The van der Waals surface area contributed by atoms with Gasteiger partial charge in [0.1, 0.15) is 11.9 Å². The number of sulfonamides is 1. The number of carbonyl (C=O) groups is 1. The van der Waals surface area contributed by atoms with Crippen molar-refractivity contribution in [2.45, 2.75) is 36.7 Å². The molecule has 1 saturated heterocycles. The van der Waals surface area contributed by atoms with Gasteiger partial charge in [0.05, 0.1) is 19.1 Å². The van der Waals surface area contributed by atoms with Crippen LogP contribution in [0.3, 0.4) is 0 Å². The monoisotopic (exact) mass is 436 g/mol. The van der Waals surface area contributed by atoms with Crippen LogP contribution in [0.2, 0.25) is 0 Å². The number of benzene rings is 2. The number of nitrogens with one attached hydrogen (secondary N) is 1. The number of methoxy groups -OCH3 is 2. The van der Waals surface area contributed by atoms with Crippen LogP contribution < -0.4 is 14.8 Å². The highest BCUT2D eigenvalue weighted by Crippen LogP contribution is 2.30. The average molecular weight is 437 g/mol. The first kappa shape index (κ1) is 22.0. The van der Waals surface area contributed by atoms with Gasteiger partial charge in [-0.15, -0.1) is 0 Å². The topological polar surface area (TPSA) is 84.9 Å². The zero-order chi connectivity index (χ0) is 21.7. The Labute approximate surface area is 175 Å². The van der Waals surface area contributed by atoms with Crippen LogP contribution in [0.15, 0.2) is 47.4 Å². The van der Waals surface area contributed by atoms with Gasteiger partial charge in [-0.05, 0) is 61.2 Å². The average Bonchev–Trinajstić information content (AvgIpc) is 2.96. The van der Waals surface area contributed by atoms with Crippen molar-refractivity contribution >= 4 is 15.9 Å². The van der Waals surface area contributed by atoms with Crippen molar-refractivity contribution < 1.29 is 27.1 Å². The van der Waals surface area contributed by atoms with Crippen LogP contribution >= 0.6 is 0 Å². The van der Waals surface area contributed by atoms with Gasteiger partial charge in [0.2, 0.25) is 15.9 Å². The van der Waals surface area contributed by atoms with Crippen molar-refractivity contribution in [1.82, 2.24) is 9.62 Å². The lowest BCUT2D eigenvalue weighted by molar-refractivity contribution is -0.124. The molecule has 9 heteroatoms. The highest BCUT2D eigenvalue weighted by Gasteiger charge is 2.36. The van der Waals surface area contributed by atoms with Crippen LogP contribution in [0.25, 0.3) is 0 Å². The molecule has 1 N–H and O–H groups in total. The molecule has 0 radical (unpaired) electrons. The van der Waals surface area contributed by atoms with Crippen molar-refractivity contribution in [3.8, 4) is 11.5 Å². The van der Waals surface area contributed by atoms with E-state index in [0.29, 0.717) is 36.4 Å². The van der Waals surface area contributed by atoms with Gasteiger partial charge in [-0.25, -0.2) is 12.8 Å². The van der Waals surface area contributed by atoms with Gasteiger partial charge in [-0.1, -0.05) is 6.07 Å². The minimum Gasteiger partial charge on any atom is -0.493 e. The van der Waals surface area contributed by atoms with E-state index >= 15 is 0 Å². The summed E-state index contributed by atoms with van der Waals surface area (Å²) in [5.74, 6) is 0.104. The van der Waals surface area contributed by atoms with Gasteiger partial charge in [0, 0.05) is 13.1 Å². The summed E-state index contributed by atoms with van der Waals surface area (Å²) in [5, 5.41) is 2.78. The normalized spacial score (nSPS) is 17.3. The minimum atomic E-state index is -4.07. The molecule has 1 heterocycles. The van der Waals surface area contributed by atoms with E-state index in [0.717, 1.165) is 18.6 Å². The Morgan fingerprint density at radius 3 is 2.43 bits per heavy atom. The van der Waals surface area contributed by atoms with E-state index in [4.69, 9.17) is 9.47 Å². The number of carbonyl (C=O) groups excluding carboxylic acids is 1. The molecule has 0 bridgehead atoms. The van der Waals surface area contributed by atoms with Crippen LogP contribution in [0, 0.1) is 5.82 Å². The second-order valence-corrected chi connectivity index (χ2v) is 8.89. The van der Waals surface area contributed by atoms with Gasteiger partial charge in [-0.3, -0.25) is 4.79 Å². The molecule has 1 fully saturated rings. The molecule has 1 amide bonds. The molecule has 162 valence electrons. The molecule has 2 aromatic rings. The molecule has 1 aliphatic rings. The van der Waals surface area contributed by atoms with Crippen molar-refractivity contribution in [3.05, 3.63) is 53.8 Å². The van der Waals surface area contributed by atoms with E-state index in [9.17, 15) is 17.6 Å². The fraction of sp³-hybridized carbons (Fsp3) is 0.381. The van der Waals surface area contributed by atoms with Crippen LogP contribution in [0.5, 0.6) is 11.5 Å². The number of rotatable bonds is 7. The first-order valence-electron chi connectivity index (χ1n) is 9.63. The zero-order valence-electron chi connectivity index (χ0n) is 16.9. The Balaban J connectivity index is 2.03. The van der Waals surface area contributed by atoms with Crippen LogP contribution in [-0.2, 0) is 21.4 Å². The molecular formula is C21H25FN2O5S. The summed E-state index contributed by atoms with van der Waals surface area (Å²) in [6, 6.07) is 8.83. The fourth-order valence-corrected chi connectivity index (χ4v) is 5.07. The van der Waals surface area contributed by atoms with Gasteiger partial charge in [0.25, 0.3) is 0 Å². The lowest BCUT2D eigenvalue weighted by atomic mass is 10.1. The number of ether oxygens (including phenoxy) is 2. The number of amides is 1. The maximum Gasteiger partial charge on any atom is 0.244 e. The first-order valence-corrected chi connectivity index (χ1v) is 11.1. The summed E-state index contributed by atoms with van der Waals surface area (Å²) in [4.78, 5) is 12.6. The summed E-state index contributed by atoms with van der Waals surface area (Å²) < 4.78 is 52.0. The second-order valence-electron chi connectivity index (χ2n) is 7.00. The predicted molar refractivity (Wildman–Crippen MR) is 109 cm³/mol. The Morgan fingerprint density at radius 1 is 1.07 bits per heavy atom. The summed E-state index contributed by atoms with van der Waals surface area (Å²) >= 11 is 0. The van der Waals surface area contributed by atoms with Crippen molar-refractivity contribution in [2.24, 2.45) is 0 Å².